The molecule has 0 aliphatic carbocycles. The Labute approximate surface area is 150 Å². The normalized spacial score (nSPS) is 11.6. The number of likely N-dealkylation sites (N-methyl/N-ethyl adjacent to an activating group) is 1. The van der Waals surface area contributed by atoms with Crippen LogP contribution in [0.5, 0.6) is 0 Å². The summed E-state index contributed by atoms with van der Waals surface area (Å²) in [5, 5.41) is 14.3. The molecule has 0 saturated carbocycles. The monoisotopic (exact) mass is 360 g/mol. The molecule has 0 aliphatic heterocycles. The first-order valence-corrected chi connectivity index (χ1v) is 7.79. The maximum atomic E-state index is 12.0. The summed E-state index contributed by atoms with van der Waals surface area (Å²) in [6.45, 7) is 0.188. The van der Waals surface area contributed by atoms with Crippen molar-refractivity contribution in [1.29, 1.82) is 5.26 Å². The molecule has 0 saturated heterocycles. The molecule has 2 N–H and O–H groups in total. The summed E-state index contributed by atoms with van der Waals surface area (Å²) in [7, 11) is 3.68. The Morgan fingerprint density at radius 3 is 2.68 bits per heavy atom. The Kier molecular flexibility index (Phi) is 6.17. The number of rotatable bonds is 5. The molecule has 1 aromatic heterocycles. The lowest BCUT2D eigenvalue weighted by Gasteiger charge is -2.22. The van der Waals surface area contributed by atoms with Gasteiger partial charge in [-0.3, -0.25) is 14.5 Å². The highest BCUT2D eigenvalue weighted by Crippen LogP contribution is 2.20. The Bertz CT molecular complexity index is 797. The van der Waals surface area contributed by atoms with E-state index in [0.717, 1.165) is 0 Å². The van der Waals surface area contributed by atoms with Crippen LogP contribution in [-0.4, -0.2) is 37.4 Å². The first-order valence-electron chi connectivity index (χ1n) is 7.41. The summed E-state index contributed by atoms with van der Waals surface area (Å²) in [6, 6.07) is 9.67. The molecule has 1 aromatic carbocycles. The minimum atomic E-state index is -0.879. The van der Waals surface area contributed by atoms with Crippen molar-refractivity contribution in [3.8, 4) is 6.07 Å². The fourth-order valence-corrected chi connectivity index (χ4v) is 2.36. The van der Waals surface area contributed by atoms with Crippen molar-refractivity contribution in [3.05, 3.63) is 52.9 Å². The maximum absolute atomic E-state index is 12.0. The van der Waals surface area contributed by atoms with Gasteiger partial charge in [0.05, 0.1) is 23.6 Å². The SMILES string of the molecule is CN(C)C(CNC(=O)C(=O)Nc1cc(Cl)ccc1C#N)c1ccco1. The van der Waals surface area contributed by atoms with Gasteiger partial charge in [0, 0.05) is 11.6 Å². The van der Waals surface area contributed by atoms with Crippen LogP contribution in [0.25, 0.3) is 0 Å². The third-order valence-corrected chi connectivity index (χ3v) is 3.74. The van der Waals surface area contributed by atoms with Crippen LogP contribution in [0.2, 0.25) is 5.02 Å². The van der Waals surface area contributed by atoms with Crippen molar-refractivity contribution in [1.82, 2.24) is 10.2 Å². The lowest BCUT2D eigenvalue weighted by Crippen LogP contribution is -2.40. The predicted octanol–water partition coefficient (Wildman–Crippen LogP) is 2.16. The van der Waals surface area contributed by atoms with E-state index in [9.17, 15) is 9.59 Å². The first kappa shape index (κ1) is 18.5. The second kappa shape index (κ2) is 8.33. The van der Waals surface area contributed by atoms with Crippen LogP contribution in [0.15, 0.2) is 41.0 Å². The van der Waals surface area contributed by atoms with Crippen LogP contribution >= 0.6 is 11.6 Å². The number of furan rings is 1. The van der Waals surface area contributed by atoms with Crippen LogP contribution < -0.4 is 10.6 Å². The van der Waals surface area contributed by atoms with Crippen LogP contribution in [0.3, 0.4) is 0 Å². The number of benzene rings is 1. The van der Waals surface area contributed by atoms with E-state index in [1.54, 1.807) is 18.4 Å². The van der Waals surface area contributed by atoms with E-state index in [-0.39, 0.29) is 23.8 Å². The summed E-state index contributed by atoms with van der Waals surface area (Å²) in [4.78, 5) is 26.0. The van der Waals surface area contributed by atoms with Crippen LogP contribution in [0, 0.1) is 11.3 Å². The van der Waals surface area contributed by atoms with Crippen molar-refractivity contribution >= 4 is 29.1 Å². The Balaban J connectivity index is 2.00. The molecule has 130 valence electrons. The summed E-state index contributed by atoms with van der Waals surface area (Å²) in [6.07, 6.45) is 1.54. The van der Waals surface area contributed by atoms with Gasteiger partial charge in [0.25, 0.3) is 0 Å². The van der Waals surface area contributed by atoms with E-state index in [1.807, 2.05) is 25.1 Å². The Morgan fingerprint density at radius 2 is 2.08 bits per heavy atom. The van der Waals surface area contributed by atoms with Gasteiger partial charge in [-0.1, -0.05) is 11.6 Å². The Morgan fingerprint density at radius 1 is 1.32 bits per heavy atom. The van der Waals surface area contributed by atoms with E-state index in [2.05, 4.69) is 10.6 Å². The molecule has 25 heavy (non-hydrogen) atoms. The highest BCUT2D eigenvalue weighted by molar-refractivity contribution is 6.40. The van der Waals surface area contributed by atoms with Gasteiger partial charge in [-0.05, 0) is 44.4 Å². The maximum Gasteiger partial charge on any atom is 0.313 e. The number of halogens is 1. The van der Waals surface area contributed by atoms with Gasteiger partial charge in [-0.2, -0.15) is 5.26 Å². The van der Waals surface area contributed by atoms with Crippen molar-refractivity contribution in [2.45, 2.75) is 6.04 Å². The fourth-order valence-electron chi connectivity index (χ4n) is 2.18. The molecule has 2 rings (SSSR count). The quantitative estimate of drug-likeness (QED) is 0.796. The molecule has 0 spiro atoms. The largest absolute Gasteiger partial charge is 0.468 e. The number of hydrogen-bond donors (Lipinski definition) is 2. The zero-order chi connectivity index (χ0) is 18.4. The highest BCUT2D eigenvalue weighted by atomic mass is 35.5. The third-order valence-electron chi connectivity index (χ3n) is 3.51. The molecule has 1 unspecified atom stereocenters. The second-order valence-corrected chi connectivity index (χ2v) is 5.90. The number of anilines is 1. The molecule has 1 atom stereocenters. The van der Waals surface area contributed by atoms with E-state index in [1.165, 1.54) is 18.2 Å². The van der Waals surface area contributed by atoms with Crippen molar-refractivity contribution < 1.29 is 14.0 Å². The van der Waals surface area contributed by atoms with Crippen molar-refractivity contribution in [2.75, 3.05) is 26.0 Å². The molecule has 8 heteroatoms. The molecule has 0 bridgehead atoms. The van der Waals surface area contributed by atoms with Crippen LogP contribution in [0.4, 0.5) is 5.69 Å². The molecule has 2 amide bonds. The van der Waals surface area contributed by atoms with Gasteiger partial charge in [0.15, 0.2) is 0 Å². The van der Waals surface area contributed by atoms with E-state index < -0.39 is 11.8 Å². The van der Waals surface area contributed by atoms with Crippen LogP contribution in [0.1, 0.15) is 17.4 Å². The second-order valence-electron chi connectivity index (χ2n) is 5.46. The lowest BCUT2D eigenvalue weighted by molar-refractivity contribution is -0.136. The number of carbonyl (C=O) groups is 2. The van der Waals surface area contributed by atoms with E-state index >= 15 is 0 Å². The Hall–Kier alpha value is -2.82. The average molecular weight is 361 g/mol. The molecular formula is C17H17ClN4O3. The number of nitriles is 1. The van der Waals surface area contributed by atoms with E-state index in [4.69, 9.17) is 21.3 Å². The number of nitrogens with zero attached hydrogens (tertiary/aromatic N) is 2. The minimum Gasteiger partial charge on any atom is -0.468 e. The standard InChI is InChI=1S/C17H17ClN4O3/c1-22(2)14(15-4-3-7-25-15)10-20-16(23)17(24)21-13-8-12(18)6-5-11(13)9-19/h3-8,14H,10H2,1-2H3,(H,20,23)(H,21,24). The highest BCUT2D eigenvalue weighted by Gasteiger charge is 2.21. The third kappa shape index (κ3) is 4.83. The number of hydrogen-bond acceptors (Lipinski definition) is 5. The van der Waals surface area contributed by atoms with Gasteiger partial charge < -0.3 is 15.1 Å². The van der Waals surface area contributed by atoms with Gasteiger partial charge in [0.2, 0.25) is 0 Å². The van der Waals surface area contributed by atoms with Crippen LogP contribution in [-0.2, 0) is 9.59 Å². The van der Waals surface area contributed by atoms with Crippen molar-refractivity contribution in [3.63, 3.8) is 0 Å². The van der Waals surface area contributed by atoms with Crippen molar-refractivity contribution in [2.24, 2.45) is 0 Å². The molecular weight excluding hydrogens is 344 g/mol. The summed E-state index contributed by atoms with van der Waals surface area (Å²) >= 11 is 5.85. The molecule has 7 nitrogen and oxygen atoms in total. The number of nitrogens with one attached hydrogen (secondary N) is 2. The molecule has 1 heterocycles. The molecule has 0 fully saturated rings. The topological polar surface area (TPSA) is 98.4 Å². The predicted molar refractivity (Wildman–Crippen MR) is 92.9 cm³/mol. The first-order chi connectivity index (χ1) is 11.9. The van der Waals surface area contributed by atoms with Gasteiger partial charge in [0.1, 0.15) is 11.8 Å². The fraction of sp³-hybridized carbons (Fsp3) is 0.235. The molecule has 0 aliphatic rings. The zero-order valence-electron chi connectivity index (χ0n) is 13.7. The molecule has 0 radical (unpaired) electrons. The van der Waals surface area contributed by atoms with Gasteiger partial charge in [-0.15, -0.1) is 0 Å². The summed E-state index contributed by atoms with van der Waals surface area (Å²) in [5.74, 6) is -1.02. The summed E-state index contributed by atoms with van der Waals surface area (Å²) < 4.78 is 5.34. The van der Waals surface area contributed by atoms with Gasteiger partial charge in [-0.25, -0.2) is 0 Å². The minimum absolute atomic E-state index is 0.186. The number of amides is 2. The number of carbonyl (C=O) groups excluding carboxylic acids is 2. The molecule has 2 aromatic rings. The zero-order valence-corrected chi connectivity index (χ0v) is 14.5. The summed E-state index contributed by atoms with van der Waals surface area (Å²) in [5.41, 5.74) is 0.401. The van der Waals surface area contributed by atoms with Gasteiger partial charge >= 0.3 is 11.8 Å². The van der Waals surface area contributed by atoms with E-state index in [0.29, 0.717) is 10.8 Å². The average Bonchev–Trinajstić information content (AvgIpc) is 3.09. The smallest absolute Gasteiger partial charge is 0.313 e. The lowest BCUT2D eigenvalue weighted by atomic mass is 10.2.